The number of nitrogens with zero attached hydrogens (tertiary/aromatic N) is 1. The predicted octanol–water partition coefficient (Wildman–Crippen LogP) is 1.73. The molecule has 1 aliphatic heterocycles. The first-order chi connectivity index (χ1) is 13.5. The number of carbonyl (C=O) groups excluding carboxylic acids is 3. The molecule has 28 heavy (non-hydrogen) atoms. The van der Waals surface area contributed by atoms with E-state index in [-0.39, 0.29) is 16.4 Å². The number of rotatable bonds is 7. The molecule has 9 heteroatoms. The number of nitrogens with one attached hydrogen (secondary N) is 1. The minimum Gasteiger partial charge on any atom is -0.494 e. The Hall–Kier alpha value is -2.99. The van der Waals surface area contributed by atoms with Crippen LogP contribution >= 0.6 is 11.8 Å². The van der Waals surface area contributed by atoms with Crippen molar-refractivity contribution in [2.24, 2.45) is 5.92 Å². The number of nitriles is 1. The van der Waals surface area contributed by atoms with Crippen LogP contribution in [0, 0.1) is 17.2 Å². The van der Waals surface area contributed by atoms with Crippen LogP contribution in [0.2, 0.25) is 0 Å². The van der Waals surface area contributed by atoms with Crippen molar-refractivity contribution >= 4 is 29.6 Å². The SMILES string of the molecule is CCOc1ccc([C@@H]2C(C#N)=C(SCC(=O)OC)NC(=O)[C@@H]2C(=O)OC)cc1. The summed E-state index contributed by atoms with van der Waals surface area (Å²) in [6, 6.07) is 8.87. The van der Waals surface area contributed by atoms with Crippen molar-refractivity contribution in [1.82, 2.24) is 5.32 Å². The largest absolute Gasteiger partial charge is 0.494 e. The Labute approximate surface area is 166 Å². The van der Waals surface area contributed by atoms with Gasteiger partial charge in [-0.25, -0.2) is 0 Å². The van der Waals surface area contributed by atoms with Gasteiger partial charge in [-0.05, 0) is 24.6 Å². The first kappa shape index (κ1) is 21.3. The van der Waals surface area contributed by atoms with Gasteiger partial charge in [0.05, 0.1) is 43.3 Å². The number of hydrogen-bond acceptors (Lipinski definition) is 8. The summed E-state index contributed by atoms with van der Waals surface area (Å²) in [6.07, 6.45) is 0. The minimum absolute atomic E-state index is 0.0871. The number of carbonyl (C=O) groups is 3. The number of methoxy groups -OCH3 is 2. The highest BCUT2D eigenvalue weighted by atomic mass is 32.2. The zero-order valence-electron chi connectivity index (χ0n) is 15.7. The van der Waals surface area contributed by atoms with E-state index in [0.717, 1.165) is 11.8 Å². The molecule has 1 aromatic rings. The zero-order valence-corrected chi connectivity index (χ0v) is 16.5. The molecule has 0 radical (unpaired) electrons. The average Bonchev–Trinajstić information content (AvgIpc) is 2.71. The monoisotopic (exact) mass is 404 g/mol. The van der Waals surface area contributed by atoms with Gasteiger partial charge in [-0.2, -0.15) is 5.26 Å². The third-order valence-electron chi connectivity index (χ3n) is 4.10. The van der Waals surface area contributed by atoms with Crippen molar-refractivity contribution in [2.45, 2.75) is 12.8 Å². The van der Waals surface area contributed by atoms with Crippen LogP contribution in [0.15, 0.2) is 34.9 Å². The Morgan fingerprint density at radius 1 is 1.21 bits per heavy atom. The lowest BCUT2D eigenvalue weighted by molar-refractivity contribution is -0.150. The fourth-order valence-corrected chi connectivity index (χ4v) is 3.69. The van der Waals surface area contributed by atoms with Gasteiger partial charge in [0.15, 0.2) is 0 Å². The van der Waals surface area contributed by atoms with Crippen LogP contribution in [0.3, 0.4) is 0 Å². The van der Waals surface area contributed by atoms with Gasteiger partial charge in [0.1, 0.15) is 11.7 Å². The highest BCUT2D eigenvalue weighted by Gasteiger charge is 2.44. The molecule has 1 amide bonds. The predicted molar refractivity (Wildman–Crippen MR) is 101 cm³/mol. The number of ether oxygens (including phenoxy) is 3. The van der Waals surface area contributed by atoms with E-state index >= 15 is 0 Å². The van der Waals surface area contributed by atoms with E-state index in [9.17, 15) is 19.6 Å². The van der Waals surface area contributed by atoms with Gasteiger partial charge in [0.25, 0.3) is 0 Å². The zero-order chi connectivity index (χ0) is 20.7. The van der Waals surface area contributed by atoms with Crippen LogP contribution in [0.4, 0.5) is 0 Å². The molecule has 0 bridgehead atoms. The van der Waals surface area contributed by atoms with Crippen LogP contribution in [0.5, 0.6) is 5.75 Å². The second kappa shape index (κ2) is 9.80. The van der Waals surface area contributed by atoms with Crippen molar-refractivity contribution in [3.8, 4) is 11.8 Å². The van der Waals surface area contributed by atoms with Gasteiger partial charge in [0.2, 0.25) is 5.91 Å². The third kappa shape index (κ3) is 4.64. The molecule has 2 atom stereocenters. The number of amides is 1. The third-order valence-corrected chi connectivity index (χ3v) is 5.09. The average molecular weight is 404 g/mol. The molecule has 0 aliphatic carbocycles. The lowest BCUT2D eigenvalue weighted by Gasteiger charge is -2.30. The maximum atomic E-state index is 12.6. The summed E-state index contributed by atoms with van der Waals surface area (Å²) in [5.41, 5.74) is 0.759. The molecule has 0 fully saturated rings. The maximum Gasteiger partial charge on any atom is 0.319 e. The number of thioether (sulfide) groups is 1. The molecule has 0 saturated heterocycles. The Morgan fingerprint density at radius 2 is 1.89 bits per heavy atom. The van der Waals surface area contributed by atoms with E-state index in [1.807, 2.05) is 6.92 Å². The summed E-state index contributed by atoms with van der Waals surface area (Å²) in [4.78, 5) is 36.4. The fourth-order valence-electron chi connectivity index (χ4n) is 2.81. The van der Waals surface area contributed by atoms with Crippen molar-refractivity contribution in [3.05, 3.63) is 40.4 Å². The molecule has 0 unspecified atom stereocenters. The Kier molecular flexibility index (Phi) is 7.46. The second-order valence-corrected chi connectivity index (χ2v) is 6.67. The molecule has 1 heterocycles. The highest BCUT2D eigenvalue weighted by molar-refractivity contribution is 8.03. The van der Waals surface area contributed by atoms with Gasteiger partial charge >= 0.3 is 11.9 Å². The molecule has 2 rings (SSSR count). The fraction of sp³-hybridized carbons (Fsp3) is 0.368. The van der Waals surface area contributed by atoms with Crippen LogP contribution in [0.1, 0.15) is 18.4 Å². The number of esters is 2. The highest BCUT2D eigenvalue weighted by Crippen LogP contribution is 2.40. The summed E-state index contributed by atoms with van der Waals surface area (Å²) < 4.78 is 14.8. The molecule has 0 spiro atoms. The molecule has 8 nitrogen and oxygen atoms in total. The van der Waals surface area contributed by atoms with Crippen molar-refractivity contribution in [1.29, 1.82) is 5.26 Å². The lowest BCUT2D eigenvalue weighted by Crippen LogP contribution is -2.44. The van der Waals surface area contributed by atoms with Gasteiger partial charge < -0.3 is 19.5 Å². The smallest absolute Gasteiger partial charge is 0.319 e. The molecule has 148 valence electrons. The van der Waals surface area contributed by atoms with E-state index in [1.54, 1.807) is 24.3 Å². The summed E-state index contributed by atoms with van der Waals surface area (Å²) in [6.45, 7) is 2.35. The van der Waals surface area contributed by atoms with E-state index in [2.05, 4.69) is 16.1 Å². The Balaban J connectivity index is 2.50. The quantitative estimate of drug-likeness (QED) is 0.540. The molecule has 1 aromatic carbocycles. The topological polar surface area (TPSA) is 115 Å². The molecule has 0 aromatic heterocycles. The summed E-state index contributed by atoms with van der Waals surface area (Å²) in [7, 11) is 2.43. The van der Waals surface area contributed by atoms with Gasteiger partial charge in [-0.3, -0.25) is 14.4 Å². The second-order valence-electron chi connectivity index (χ2n) is 5.69. The summed E-state index contributed by atoms with van der Waals surface area (Å²) >= 11 is 0.971. The Morgan fingerprint density at radius 3 is 2.43 bits per heavy atom. The van der Waals surface area contributed by atoms with Crippen molar-refractivity contribution in [3.63, 3.8) is 0 Å². The normalized spacial score (nSPS) is 18.7. The minimum atomic E-state index is -1.22. The maximum absolute atomic E-state index is 12.6. The standard InChI is InChI=1S/C19H20N2O6S/c1-4-27-12-7-5-11(6-8-12)15-13(9-20)18(28-10-14(22)25-2)21-17(23)16(15)19(24)26-3/h5-8,15-16H,4,10H2,1-3H3,(H,21,23)/t15-,16-/m1/s1. The van der Waals surface area contributed by atoms with Crippen molar-refractivity contribution < 1.29 is 28.6 Å². The van der Waals surface area contributed by atoms with Crippen molar-refractivity contribution in [2.75, 3.05) is 26.6 Å². The molecule has 1 N–H and O–H groups in total. The van der Waals surface area contributed by atoms with Gasteiger partial charge in [-0.15, -0.1) is 0 Å². The van der Waals surface area contributed by atoms with Gasteiger partial charge in [-0.1, -0.05) is 23.9 Å². The van der Waals surface area contributed by atoms with E-state index in [0.29, 0.717) is 17.9 Å². The summed E-state index contributed by atoms with van der Waals surface area (Å²) in [5, 5.41) is 12.5. The summed E-state index contributed by atoms with van der Waals surface area (Å²) in [5.74, 6) is -3.38. The van der Waals surface area contributed by atoms with E-state index < -0.39 is 29.7 Å². The van der Waals surface area contributed by atoms with Crippen LogP contribution in [-0.4, -0.2) is 44.4 Å². The first-order valence-corrected chi connectivity index (χ1v) is 9.40. The van der Waals surface area contributed by atoms with Crippen LogP contribution in [0.25, 0.3) is 0 Å². The van der Waals surface area contributed by atoms with Crippen LogP contribution in [-0.2, 0) is 23.9 Å². The first-order valence-electron chi connectivity index (χ1n) is 8.42. The Bertz CT molecular complexity index is 828. The number of allylic oxidation sites excluding steroid dienone is 1. The molecule has 0 saturated carbocycles. The lowest BCUT2D eigenvalue weighted by atomic mass is 9.78. The van der Waals surface area contributed by atoms with Gasteiger partial charge in [0, 0.05) is 5.92 Å². The van der Waals surface area contributed by atoms with E-state index in [1.165, 1.54) is 14.2 Å². The number of benzene rings is 1. The number of hydrogen-bond donors (Lipinski definition) is 1. The van der Waals surface area contributed by atoms with Crippen LogP contribution < -0.4 is 10.1 Å². The molecular formula is C19H20N2O6S. The van der Waals surface area contributed by atoms with E-state index in [4.69, 9.17) is 9.47 Å². The molecular weight excluding hydrogens is 384 g/mol. The molecule has 1 aliphatic rings.